The fraction of sp³-hybridized carbons (Fsp3) is 0.421. The van der Waals surface area contributed by atoms with Gasteiger partial charge in [-0.05, 0) is 25.5 Å². The summed E-state index contributed by atoms with van der Waals surface area (Å²) < 4.78 is 7.54. The smallest absolute Gasteiger partial charge is 0.276 e. The molecule has 0 saturated carbocycles. The fourth-order valence-corrected chi connectivity index (χ4v) is 4.14. The molecule has 2 aliphatic heterocycles. The fourth-order valence-electron chi connectivity index (χ4n) is 4.14. The second kappa shape index (κ2) is 6.47. The highest BCUT2D eigenvalue weighted by molar-refractivity contribution is 5.92. The van der Waals surface area contributed by atoms with E-state index in [0.29, 0.717) is 30.0 Å². The van der Waals surface area contributed by atoms with Crippen molar-refractivity contribution in [3.05, 3.63) is 47.6 Å². The van der Waals surface area contributed by atoms with Crippen molar-refractivity contribution >= 4 is 16.9 Å². The Labute approximate surface area is 156 Å². The number of aromatic nitrogens is 3. The van der Waals surface area contributed by atoms with E-state index in [0.717, 1.165) is 42.9 Å². The summed E-state index contributed by atoms with van der Waals surface area (Å²) in [5, 5.41) is 4.04. The van der Waals surface area contributed by atoms with E-state index in [1.807, 2.05) is 36.1 Å². The lowest BCUT2D eigenvalue weighted by molar-refractivity contribution is 0.0658. The van der Waals surface area contributed by atoms with E-state index in [4.69, 9.17) is 4.52 Å². The lowest BCUT2D eigenvalue weighted by atomic mass is 9.94. The number of para-hydroxylation sites is 2. The predicted octanol–water partition coefficient (Wildman–Crippen LogP) is 1.32. The van der Waals surface area contributed by atoms with Crippen molar-refractivity contribution < 1.29 is 9.32 Å². The van der Waals surface area contributed by atoms with Crippen molar-refractivity contribution in [1.29, 1.82) is 0 Å². The Morgan fingerprint density at radius 3 is 3.19 bits per heavy atom. The molecule has 4 heterocycles. The van der Waals surface area contributed by atoms with Gasteiger partial charge >= 0.3 is 0 Å². The van der Waals surface area contributed by atoms with E-state index in [1.165, 1.54) is 0 Å². The molecular formula is C19H22N6O2. The monoisotopic (exact) mass is 366 g/mol. The summed E-state index contributed by atoms with van der Waals surface area (Å²) in [6.07, 6.45) is 0.953. The lowest BCUT2D eigenvalue weighted by Crippen LogP contribution is -2.47. The van der Waals surface area contributed by atoms with Crippen LogP contribution in [0, 0.1) is 12.8 Å². The number of fused-ring (bicyclic) bond motifs is 2. The van der Waals surface area contributed by atoms with Crippen molar-refractivity contribution in [3.8, 4) is 0 Å². The number of piperidine rings is 1. The van der Waals surface area contributed by atoms with Crippen LogP contribution in [-0.4, -0.2) is 51.2 Å². The molecule has 8 nitrogen and oxygen atoms in total. The maximum Gasteiger partial charge on any atom is 0.276 e. The van der Waals surface area contributed by atoms with Gasteiger partial charge in [0.2, 0.25) is 0 Å². The van der Waals surface area contributed by atoms with Crippen LogP contribution in [0.15, 0.2) is 34.9 Å². The van der Waals surface area contributed by atoms with Gasteiger partial charge in [0.15, 0.2) is 11.5 Å². The highest BCUT2D eigenvalue weighted by atomic mass is 16.5. The van der Waals surface area contributed by atoms with Gasteiger partial charge in [0.05, 0.1) is 17.6 Å². The first kappa shape index (κ1) is 16.5. The number of rotatable bonds is 3. The minimum atomic E-state index is -0.0532. The zero-order valence-corrected chi connectivity index (χ0v) is 15.2. The van der Waals surface area contributed by atoms with Crippen LogP contribution in [0.4, 0.5) is 0 Å². The molecule has 0 aliphatic carbocycles. The maximum atomic E-state index is 12.8. The number of benzene rings is 1. The molecule has 2 saturated heterocycles. The van der Waals surface area contributed by atoms with Crippen LogP contribution in [0.1, 0.15) is 28.5 Å². The molecule has 2 fully saturated rings. The van der Waals surface area contributed by atoms with Crippen LogP contribution in [0.5, 0.6) is 0 Å². The Balaban J connectivity index is 1.33. The summed E-state index contributed by atoms with van der Waals surface area (Å²) in [7, 11) is 0. The number of carbonyl (C=O) groups excluding carboxylic acids is 1. The molecular weight excluding hydrogens is 344 g/mol. The van der Waals surface area contributed by atoms with Crippen molar-refractivity contribution in [2.24, 2.45) is 5.92 Å². The normalized spacial score (nSPS) is 22.3. The highest BCUT2D eigenvalue weighted by Crippen LogP contribution is 2.22. The third kappa shape index (κ3) is 2.90. The summed E-state index contributed by atoms with van der Waals surface area (Å²) >= 11 is 0. The minimum absolute atomic E-state index is 0.0532. The number of nitrogens with one attached hydrogen (secondary N) is 2. The number of aryl methyl sites for hydroxylation is 1. The molecule has 0 spiro atoms. The Hall–Kier alpha value is -2.71. The van der Waals surface area contributed by atoms with E-state index in [9.17, 15) is 4.79 Å². The van der Waals surface area contributed by atoms with Crippen LogP contribution in [0.25, 0.3) is 11.0 Å². The number of likely N-dealkylation sites (tertiary alicyclic amines) is 1. The zero-order valence-electron chi connectivity index (χ0n) is 15.2. The lowest BCUT2D eigenvalue weighted by Gasteiger charge is -2.33. The number of carbonyl (C=O) groups is 1. The third-order valence-corrected chi connectivity index (χ3v) is 5.61. The summed E-state index contributed by atoms with van der Waals surface area (Å²) in [6.45, 7) is 4.85. The van der Waals surface area contributed by atoms with Crippen molar-refractivity contribution in [3.63, 3.8) is 0 Å². The quantitative estimate of drug-likeness (QED) is 0.727. The van der Waals surface area contributed by atoms with Crippen LogP contribution < -0.4 is 10.9 Å². The van der Waals surface area contributed by atoms with E-state index < -0.39 is 0 Å². The van der Waals surface area contributed by atoms with Gasteiger partial charge in [-0.1, -0.05) is 17.3 Å². The molecule has 8 heteroatoms. The SMILES string of the molecule is Cc1nc2ccccc2n1Cc1cc(C(=O)N2CCC3NNCC3C2)no1. The number of hydrogen-bond acceptors (Lipinski definition) is 6. The van der Waals surface area contributed by atoms with Gasteiger partial charge in [-0.25, -0.2) is 4.98 Å². The van der Waals surface area contributed by atoms with Crippen LogP contribution in [0.2, 0.25) is 0 Å². The number of hydrogen-bond donors (Lipinski definition) is 2. The average molecular weight is 366 g/mol. The Morgan fingerprint density at radius 2 is 2.26 bits per heavy atom. The first-order chi connectivity index (χ1) is 13.2. The largest absolute Gasteiger partial charge is 0.359 e. The summed E-state index contributed by atoms with van der Waals surface area (Å²) in [6, 6.07) is 10.2. The molecule has 0 bridgehead atoms. The van der Waals surface area contributed by atoms with Gasteiger partial charge in [-0.3, -0.25) is 15.6 Å². The molecule has 0 radical (unpaired) electrons. The van der Waals surface area contributed by atoms with Gasteiger partial charge < -0.3 is 14.0 Å². The van der Waals surface area contributed by atoms with E-state index >= 15 is 0 Å². The molecule has 27 heavy (non-hydrogen) atoms. The molecule has 2 aromatic heterocycles. The Kier molecular flexibility index (Phi) is 3.95. The molecule has 2 unspecified atom stereocenters. The van der Waals surface area contributed by atoms with Crippen molar-refractivity contribution in [1.82, 2.24) is 30.5 Å². The zero-order chi connectivity index (χ0) is 18.4. The molecule has 3 aromatic rings. The van der Waals surface area contributed by atoms with E-state index in [-0.39, 0.29) is 5.91 Å². The maximum absolute atomic E-state index is 12.8. The molecule has 140 valence electrons. The topological polar surface area (TPSA) is 88.2 Å². The molecule has 5 rings (SSSR count). The van der Waals surface area contributed by atoms with Gasteiger partial charge in [-0.15, -0.1) is 0 Å². The third-order valence-electron chi connectivity index (χ3n) is 5.61. The van der Waals surface area contributed by atoms with Gasteiger partial charge in [0.25, 0.3) is 5.91 Å². The van der Waals surface area contributed by atoms with Crippen molar-refractivity contribution in [2.45, 2.75) is 25.9 Å². The van der Waals surface area contributed by atoms with Crippen LogP contribution in [0.3, 0.4) is 0 Å². The highest BCUT2D eigenvalue weighted by Gasteiger charge is 2.35. The second-order valence-corrected chi connectivity index (χ2v) is 7.34. The predicted molar refractivity (Wildman–Crippen MR) is 99.0 cm³/mol. The Bertz CT molecular complexity index is 993. The van der Waals surface area contributed by atoms with Crippen molar-refractivity contribution in [2.75, 3.05) is 19.6 Å². The minimum Gasteiger partial charge on any atom is -0.359 e. The average Bonchev–Trinajstić information content (AvgIpc) is 3.40. The molecule has 1 aromatic carbocycles. The van der Waals surface area contributed by atoms with Gasteiger partial charge in [0.1, 0.15) is 5.82 Å². The summed E-state index contributed by atoms with van der Waals surface area (Å²) in [4.78, 5) is 19.3. The van der Waals surface area contributed by atoms with E-state index in [1.54, 1.807) is 6.07 Å². The number of hydrazine groups is 1. The molecule has 2 aliphatic rings. The number of nitrogens with zero attached hydrogens (tertiary/aromatic N) is 4. The second-order valence-electron chi connectivity index (χ2n) is 7.34. The Morgan fingerprint density at radius 1 is 1.37 bits per heavy atom. The van der Waals surface area contributed by atoms with E-state index in [2.05, 4.69) is 25.6 Å². The van der Waals surface area contributed by atoms with Gasteiger partial charge in [0, 0.05) is 37.7 Å². The standard InChI is InChI=1S/C19H22N6O2/c1-12-21-16-4-2-3-5-18(16)25(12)11-14-8-17(23-27-14)19(26)24-7-6-15-13(10-24)9-20-22-15/h2-5,8,13,15,20,22H,6-7,9-11H2,1H3. The first-order valence-electron chi connectivity index (χ1n) is 9.34. The summed E-state index contributed by atoms with van der Waals surface area (Å²) in [5.74, 6) is 1.96. The van der Waals surface area contributed by atoms with Crippen LogP contribution in [-0.2, 0) is 6.54 Å². The molecule has 2 N–H and O–H groups in total. The van der Waals surface area contributed by atoms with Crippen LogP contribution >= 0.6 is 0 Å². The number of imidazole rings is 1. The van der Waals surface area contributed by atoms with Gasteiger partial charge in [-0.2, -0.15) is 0 Å². The summed E-state index contributed by atoms with van der Waals surface area (Å²) in [5.41, 5.74) is 8.83. The molecule has 2 atom stereocenters. The molecule has 1 amide bonds. The number of amides is 1. The first-order valence-corrected chi connectivity index (χ1v) is 9.34.